The van der Waals surface area contributed by atoms with E-state index in [-0.39, 0.29) is 11.9 Å². The minimum atomic E-state index is -0.263. The van der Waals surface area contributed by atoms with Crippen molar-refractivity contribution in [3.63, 3.8) is 0 Å². The van der Waals surface area contributed by atoms with Crippen molar-refractivity contribution in [3.8, 4) is 0 Å². The Labute approximate surface area is 105 Å². The number of carbonyl (C=O) groups is 1. The van der Waals surface area contributed by atoms with Gasteiger partial charge in [-0.3, -0.25) is 4.79 Å². The van der Waals surface area contributed by atoms with E-state index in [9.17, 15) is 4.79 Å². The van der Waals surface area contributed by atoms with Gasteiger partial charge >= 0.3 is 0 Å². The first-order valence-corrected chi connectivity index (χ1v) is 7.05. The number of ketones is 1. The van der Waals surface area contributed by atoms with Crippen LogP contribution < -0.4 is 0 Å². The Morgan fingerprint density at radius 1 is 1.71 bits per heavy atom. The third kappa shape index (κ3) is 3.29. The van der Waals surface area contributed by atoms with Crippen molar-refractivity contribution in [1.82, 2.24) is 14.8 Å². The minimum Gasteiger partial charge on any atom is -0.369 e. The third-order valence-corrected chi connectivity index (χ3v) is 3.63. The van der Waals surface area contributed by atoms with E-state index in [1.54, 1.807) is 16.4 Å². The zero-order valence-electron chi connectivity index (χ0n) is 9.96. The van der Waals surface area contributed by atoms with Gasteiger partial charge in [-0.2, -0.15) is 16.9 Å². The average Bonchev–Trinajstić information content (AvgIpc) is 2.78. The van der Waals surface area contributed by atoms with E-state index >= 15 is 0 Å². The molecule has 2 rings (SSSR count). The van der Waals surface area contributed by atoms with Gasteiger partial charge in [0.15, 0.2) is 5.78 Å². The van der Waals surface area contributed by atoms with Gasteiger partial charge in [0, 0.05) is 18.1 Å². The Hall–Kier alpha value is -0.880. The van der Waals surface area contributed by atoms with Crippen LogP contribution in [0.25, 0.3) is 0 Å². The Bertz CT molecular complexity index is 375. The molecule has 1 atom stereocenters. The fourth-order valence-electron chi connectivity index (χ4n) is 1.77. The van der Waals surface area contributed by atoms with Gasteiger partial charge in [0.05, 0.1) is 13.0 Å². The fraction of sp³-hybridized carbons (Fsp3) is 0.727. The number of hydrogen-bond acceptors (Lipinski definition) is 5. The Kier molecular flexibility index (Phi) is 4.56. The van der Waals surface area contributed by atoms with Crippen LogP contribution in [0.3, 0.4) is 0 Å². The van der Waals surface area contributed by atoms with Crippen LogP contribution in [0.2, 0.25) is 0 Å². The number of carbonyl (C=O) groups excluding carboxylic acids is 1. The topological polar surface area (TPSA) is 57.0 Å². The zero-order chi connectivity index (χ0) is 12.1. The van der Waals surface area contributed by atoms with Crippen LogP contribution in [0.5, 0.6) is 0 Å². The molecule has 1 aliphatic heterocycles. The van der Waals surface area contributed by atoms with Gasteiger partial charge in [-0.1, -0.05) is 6.92 Å². The van der Waals surface area contributed by atoms with Crippen molar-refractivity contribution in [1.29, 1.82) is 0 Å². The van der Waals surface area contributed by atoms with E-state index in [1.165, 1.54) is 6.33 Å². The highest BCUT2D eigenvalue weighted by atomic mass is 32.2. The highest BCUT2D eigenvalue weighted by Gasteiger charge is 2.23. The second-order valence-electron chi connectivity index (χ2n) is 3.98. The molecule has 0 saturated carbocycles. The van der Waals surface area contributed by atoms with Crippen LogP contribution >= 0.6 is 11.8 Å². The number of thioether (sulfide) groups is 1. The number of nitrogens with zero attached hydrogens (tertiary/aromatic N) is 3. The van der Waals surface area contributed by atoms with Crippen molar-refractivity contribution in [2.75, 3.05) is 18.1 Å². The number of Topliss-reactive ketones (excluding diaryl/α,β-unsaturated/α-hetero) is 1. The summed E-state index contributed by atoms with van der Waals surface area (Å²) in [5.74, 6) is 2.61. The minimum absolute atomic E-state index is 0.113. The van der Waals surface area contributed by atoms with Crippen molar-refractivity contribution in [2.24, 2.45) is 0 Å². The van der Waals surface area contributed by atoms with E-state index in [1.807, 2.05) is 0 Å². The molecule has 1 aromatic heterocycles. The predicted molar refractivity (Wildman–Crippen MR) is 66.1 cm³/mol. The molecule has 0 spiro atoms. The van der Waals surface area contributed by atoms with Crippen LogP contribution in [-0.4, -0.2) is 44.8 Å². The maximum Gasteiger partial charge on any atom is 0.169 e. The highest BCUT2D eigenvalue weighted by molar-refractivity contribution is 7.99. The van der Waals surface area contributed by atoms with E-state index in [4.69, 9.17) is 4.74 Å². The van der Waals surface area contributed by atoms with Crippen LogP contribution in [0.15, 0.2) is 6.33 Å². The van der Waals surface area contributed by atoms with Crippen molar-refractivity contribution in [2.45, 2.75) is 32.4 Å². The summed E-state index contributed by atoms with van der Waals surface area (Å²) in [6, 6.07) is 0. The van der Waals surface area contributed by atoms with Gasteiger partial charge in [0.2, 0.25) is 0 Å². The summed E-state index contributed by atoms with van der Waals surface area (Å²) in [6.45, 7) is 3.56. The molecule has 0 aromatic carbocycles. The van der Waals surface area contributed by atoms with Crippen LogP contribution in [0.4, 0.5) is 0 Å². The molecule has 1 saturated heterocycles. The third-order valence-electron chi connectivity index (χ3n) is 2.64. The summed E-state index contributed by atoms with van der Waals surface area (Å²) < 4.78 is 7.26. The second-order valence-corrected chi connectivity index (χ2v) is 5.13. The molecule has 17 heavy (non-hydrogen) atoms. The molecule has 1 aliphatic rings. The van der Waals surface area contributed by atoms with Crippen LogP contribution in [-0.2, 0) is 22.5 Å². The molecule has 6 heteroatoms. The lowest BCUT2D eigenvalue weighted by Crippen LogP contribution is -2.33. The van der Waals surface area contributed by atoms with Gasteiger partial charge in [-0.25, -0.2) is 9.67 Å². The summed E-state index contributed by atoms with van der Waals surface area (Å²) in [5, 5.41) is 4.11. The van der Waals surface area contributed by atoms with Crippen molar-refractivity contribution >= 4 is 17.5 Å². The molecule has 1 fully saturated rings. The van der Waals surface area contributed by atoms with Crippen molar-refractivity contribution in [3.05, 3.63) is 12.2 Å². The Morgan fingerprint density at radius 2 is 2.59 bits per heavy atom. The Morgan fingerprint density at radius 3 is 3.29 bits per heavy atom. The van der Waals surface area contributed by atoms with Crippen molar-refractivity contribution < 1.29 is 9.53 Å². The van der Waals surface area contributed by atoms with Gasteiger partial charge in [-0.05, 0) is 6.42 Å². The summed E-state index contributed by atoms with van der Waals surface area (Å²) in [4.78, 5) is 16.1. The van der Waals surface area contributed by atoms with E-state index in [0.29, 0.717) is 13.0 Å². The molecule has 0 aliphatic carbocycles. The lowest BCUT2D eigenvalue weighted by atomic mass is 10.2. The van der Waals surface area contributed by atoms with E-state index in [0.717, 1.165) is 30.3 Å². The van der Waals surface area contributed by atoms with Crippen LogP contribution in [0.1, 0.15) is 19.2 Å². The number of aromatic nitrogens is 3. The highest BCUT2D eigenvalue weighted by Crippen LogP contribution is 2.14. The average molecular weight is 255 g/mol. The summed E-state index contributed by atoms with van der Waals surface area (Å²) in [5.41, 5.74) is 0. The second kappa shape index (κ2) is 6.16. The quantitative estimate of drug-likeness (QED) is 0.783. The molecular formula is C11H17N3O2S. The molecule has 0 radical (unpaired) electrons. The molecule has 1 aromatic rings. The predicted octanol–water partition coefficient (Wildman–Crippen LogP) is 0.932. The maximum atomic E-state index is 12.0. The molecule has 1 unspecified atom stereocenters. The Balaban J connectivity index is 1.94. The normalized spacial score (nSPS) is 20.4. The largest absolute Gasteiger partial charge is 0.369 e. The zero-order valence-corrected chi connectivity index (χ0v) is 10.8. The number of rotatable bonds is 5. The molecule has 0 amide bonds. The number of aryl methyl sites for hydroxylation is 1. The summed E-state index contributed by atoms with van der Waals surface area (Å²) >= 11 is 1.77. The van der Waals surface area contributed by atoms with Gasteiger partial charge < -0.3 is 4.74 Å². The number of hydrogen-bond donors (Lipinski definition) is 0. The maximum absolute atomic E-state index is 12.0. The molecule has 94 valence electrons. The van der Waals surface area contributed by atoms with Gasteiger partial charge in [0.1, 0.15) is 18.3 Å². The summed E-state index contributed by atoms with van der Waals surface area (Å²) in [6.07, 6.45) is 2.56. The fourth-order valence-corrected chi connectivity index (χ4v) is 2.64. The lowest BCUT2D eigenvalue weighted by molar-refractivity contribution is -0.128. The number of ether oxygens (including phenoxy) is 1. The van der Waals surface area contributed by atoms with Crippen LogP contribution in [0, 0.1) is 0 Å². The first-order valence-electron chi connectivity index (χ1n) is 5.90. The first-order chi connectivity index (χ1) is 8.31. The standard InChI is InChI=1S/C11H17N3O2S/c1-2-3-14-11(12-8-13-14)6-9(15)10-7-17-5-4-16-10/h8,10H,2-7H2,1H3. The summed E-state index contributed by atoms with van der Waals surface area (Å²) in [7, 11) is 0. The van der Waals surface area contributed by atoms with E-state index in [2.05, 4.69) is 17.0 Å². The first kappa shape index (κ1) is 12.6. The molecule has 2 heterocycles. The molecule has 5 nitrogen and oxygen atoms in total. The monoisotopic (exact) mass is 255 g/mol. The smallest absolute Gasteiger partial charge is 0.169 e. The lowest BCUT2D eigenvalue weighted by Gasteiger charge is -2.20. The molecule has 0 N–H and O–H groups in total. The molecular weight excluding hydrogens is 238 g/mol. The van der Waals surface area contributed by atoms with E-state index < -0.39 is 0 Å². The molecule has 0 bridgehead atoms. The van der Waals surface area contributed by atoms with Gasteiger partial charge in [0.25, 0.3) is 0 Å². The van der Waals surface area contributed by atoms with Gasteiger partial charge in [-0.15, -0.1) is 0 Å². The SMILES string of the molecule is CCCn1ncnc1CC(=O)C1CSCCO1.